The first kappa shape index (κ1) is 22.8. The van der Waals surface area contributed by atoms with E-state index in [0.29, 0.717) is 36.0 Å². The lowest BCUT2D eigenvalue weighted by atomic mass is 9.85. The van der Waals surface area contributed by atoms with Gasteiger partial charge in [0, 0.05) is 19.7 Å². The number of ether oxygens (including phenoxy) is 1. The number of hydrogen-bond acceptors (Lipinski definition) is 3. The Bertz CT molecular complexity index is 1280. The van der Waals surface area contributed by atoms with Crippen LogP contribution < -0.4 is 0 Å². The summed E-state index contributed by atoms with van der Waals surface area (Å²) in [6, 6.07) is 20.7. The number of methoxy groups -OCH3 is 1. The zero-order chi connectivity index (χ0) is 23.8. The van der Waals surface area contributed by atoms with Crippen LogP contribution in [0.1, 0.15) is 71.5 Å². The van der Waals surface area contributed by atoms with Crippen molar-refractivity contribution in [1.82, 2.24) is 4.90 Å². The van der Waals surface area contributed by atoms with Crippen LogP contribution >= 0.6 is 0 Å². The van der Waals surface area contributed by atoms with E-state index in [1.807, 2.05) is 18.2 Å². The molecule has 34 heavy (non-hydrogen) atoms. The average Bonchev–Trinajstić information content (AvgIpc) is 3.64. The third kappa shape index (κ3) is 4.29. The molecule has 0 N–H and O–H groups in total. The van der Waals surface area contributed by atoms with Crippen molar-refractivity contribution in [3.8, 4) is 6.07 Å². The van der Waals surface area contributed by atoms with E-state index < -0.39 is 0 Å². The van der Waals surface area contributed by atoms with Crippen molar-refractivity contribution in [3.05, 3.63) is 88.0 Å². The van der Waals surface area contributed by atoms with Gasteiger partial charge in [-0.1, -0.05) is 62.4 Å². The van der Waals surface area contributed by atoms with Gasteiger partial charge in [0.15, 0.2) is 0 Å². The molecule has 1 aliphatic carbocycles. The van der Waals surface area contributed by atoms with Crippen LogP contribution in [0.3, 0.4) is 0 Å². The number of nitriles is 1. The largest absolute Gasteiger partial charge is 0.381 e. The second-order valence-electron chi connectivity index (χ2n) is 10.3. The van der Waals surface area contributed by atoms with Gasteiger partial charge in [-0.25, -0.2) is 0 Å². The van der Waals surface area contributed by atoms with Crippen LogP contribution in [0.2, 0.25) is 0 Å². The summed E-state index contributed by atoms with van der Waals surface area (Å²) < 4.78 is 5.22. The maximum atomic E-state index is 9.38. The van der Waals surface area contributed by atoms with Crippen molar-refractivity contribution in [2.24, 2.45) is 5.92 Å². The number of fused-ring (bicyclic) bond motifs is 2. The third-order valence-electron chi connectivity index (χ3n) is 7.67. The molecule has 3 aromatic carbocycles. The molecule has 174 valence electrons. The molecule has 0 spiro atoms. The molecule has 0 amide bonds. The van der Waals surface area contributed by atoms with E-state index in [1.165, 1.54) is 39.6 Å². The summed E-state index contributed by atoms with van der Waals surface area (Å²) in [6.45, 7) is 6.41. The molecule has 1 heterocycles. The molecule has 0 bridgehead atoms. The van der Waals surface area contributed by atoms with Crippen molar-refractivity contribution >= 4 is 16.8 Å². The van der Waals surface area contributed by atoms with Crippen molar-refractivity contribution in [2.45, 2.75) is 44.6 Å². The molecule has 3 unspecified atom stereocenters. The van der Waals surface area contributed by atoms with Crippen molar-refractivity contribution in [1.29, 1.82) is 5.26 Å². The summed E-state index contributed by atoms with van der Waals surface area (Å²) in [5.41, 5.74) is 7.82. The molecule has 0 radical (unpaired) electrons. The van der Waals surface area contributed by atoms with E-state index >= 15 is 0 Å². The van der Waals surface area contributed by atoms with Crippen molar-refractivity contribution in [2.75, 3.05) is 27.3 Å². The molecule has 2 aliphatic rings. The van der Waals surface area contributed by atoms with Gasteiger partial charge in [-0.05, 0) is 88.4 Å². The van der Waals surface area contributed by atoms with Crippen molar-refractivity contribution in [3.63, 3.8) is 0 Å². The predicted octanol–water partition coefficient (Wildman–Crippen LogP) is 6.83. The highest BCUT2D eigenvalue weighted by molar-refractivity contribution is 5.92. The fraction of sp³-hybridized carbons (Fsp3) is 0.387. The molecule has 3 aromatic rings. The second-order valence-corrected chi connectivity index (χ2v) is 10.3. The van der Waals surface area contributed by atoms with E-state index in [9.17, 15) is 5.26 Å². The molecular weight excluding hydrogens is 416 g/mol. The minimum Gasteiger partial charge on any atom is -0.381 e. The average molecular weight is 451 g/mol. The zero-order valence-electron chi connectivity index (χ0n) is 20.7. The van der Waals surface area contributed by atoms with E-state index in [-0.39, 0.29) is 0 Å². The van der Waals surface area contributed by atoms with Crippen LogP contribution in [-0.4, -0.2) is 32.2 Å². The summed E-state index contributed by atoms with van der Waals surface area (Å²) >= 11 is 0. The number of likely N-dealkylation sites (N-methyl/N-ethyl adjacent to an activating group) is 1. The molecule has 3 nitrogen and oxygen atoms in total. The quantitative estimate of drug-likeness (QED) is 0.413. The molecule has 0 saturated heterocycles. The summed E-state index contributed by atoms with van der Waals surface area (Å²) in [7, 11) is 3.98. The van der Waals surface area contributed by atoms with Gasteiger partial charge in [0.25, 0.3) is 0 Å². The Morgan fingerprint density at radius 3 is 2.68 bits per heavy atom. The minimum atomic E-state index is 0.508. The highest BCUT2D eigenvalue weighted by Crippen LogP contribution is 2.56. The molecule has 1 aliphatic heterocycles. The fourth-order valence-electron chi connectivity index (χ4n) is 5.92. The Hall–Kier alpha value is -2.93. The standard InChI is InChI=1S/C31H34N2O/c1-20(2)31-30-17-25(10-9-22(30)11-12-33(31)3)28-18-29(28)26-15-23(6-5-13-34-4)27-14-21(19-32)7-8-24(27)16-26/h5-10,14-17,20,28-29,31H,11-13,18H2,1-4H3. The summed E-state index contributed by atoms with van der Waals surface area (Å²) in [6.07, 6.45) is 6.53. The second kappa shape index (κ2) is 9.37. The Morgan fingerprint density at radius 1 is 1.09 bits per heavy atom. The van der Waals surface area contributed by atoms with Crippen LogP contribution in [0.4, 0.5) is 0 Å². The van der Waals surface area contributed by atoms with Crippen LogP contribution in [0.5, 0.6) is 0 Å². The number of nitrogens with zero attached hydrogens (tertiary/aromatic N) is 2. The molecule has 5 rings (SSSR count). The summed E-state index contributed by atoms with van der Waals surface area (Å²) in [5.74, 6) is 1.73. The summed E-state index contributed by atoms with van der Waals surface area (Å²) in [4.78, 5) is 2.53. The maximum absolute atomic E-state index is 9.38. The fourth-order valence-corrected chi connectivity index (χ4v) is 5.92. The SMILES string of the molecule is COCC=Cc1cc(C2CC2c2ccc3c(c2)C(C(C)C)N(C)CC3)cc2ccc(C#N)cc12. The van der Waals surface area contributed by atoms with E-state index in [4.69, 9.17) is 4.74 Å². The normalized spacial score (nSPS) is 22.3. The van der Waals surface area contributed by atoms with E-state index in [0.717, 1.165) is 18.4 Å². The Balaban J connectivity index is 1.48. The number of hydrogen-bond donors (Lipinski definition) is 0. The molecule has 1 fully saturated rings. The predicted molar refractivity (Wildman–Crippen MR) is 140 cm³/mol. The molecule has 0 aromatic heterocycles. The smallest absolute Gasteiger partial charge is 0.0991 e. The van der Waals surface area contributed by atoms with Crippen molar-refractivity contribution < 1.29 is 4.74 Å². The highest BCUT2D eigenvalue weighted by Gasteiger charge is 2.40. The molecule has 3 heteroatoms. The molecule has 3 atom stereocenters. The number of benzene rings is 3. The minimum absolute atomic E-state index is 0.508. The Labute approximate surface area is 203 Å². The first-order valence-corrected chi connectivity index (χ1v) is 12.5. The van der Waals surface area contributed by atoms with Gasteiger partial charge in [0.05, 0.1) is 18.2 Å². The first-order valence-electron chi connectivity index (χ1n) is 12.5. The monoisotopic (exact) mass is 450 g/mol. The third-order valence-corrected chi connectivity index (χ3v) is 7.67. The van der Waals surface area contributed by atoms with Gasteiger partial charge in [-0.2, -0.15) is 5.26 Å². The highest BCUT2D eigenvalue weighted by atomic mass is 16.5. The van der Waals surface area contributed by atoms with Crippen LogP contribution in [-0.2, 0) is 11.2 Å². The van der Waals surface area contributed by atoms with E-state index in [1.54, 1.807) is 7.11 Å². The lowest BCUT2D eigenvalue weighted by molar-refractivity contribution is 0.181. The van der Waals surface area contributed by atoms with E-state index in [2.05, 4.69) is 74.3 Å². The molecular formula is C31H34N2O. The topological polar surface area (TPSA) is 36.3 Å². The molecule has 1 saturated carbocycles. The van der Waals surface area contributed by atoms with Gasteiger partial charge in [-0.15, -0.1) is 0 Å². The Kier molecular flexibility index (Phi) is 6.30. The van der Waals surface area contributed by atoms with Crippen LogP contribution in [0, 0.1) is 17.2 Å². The van der Waals surface area contributed by atoms with Gasteiger partial charge < -0.3 is 4.74 Å². The van der Waals surface area contributed by atoms with Crippen LogP contribution in [0.25, 0.3) is 16.8 Å². The first-order chi connectivity index (χ1) is 16.5. The maximum Gasteiger partial charge on any atom is 0.0991 e. The Morgan fingerprint density at radius 2 is 1.91 bits per heavy atom. The lowest BCUT2D eigenvalue weighted by Crippen LogP contribution is -2.35. The summed E-state index contributed by atoms with van der Waals surface area (Å²) in [5, 5.41) is 11.7. The van der Waals surface area contributed by atoms with Gasteiger partial charge in [0.2, 0.25) is 0 Å². The zero-order valence-corrected chi connectivity index (χ0v) is 20.7. The van der Waals surface area contributed by atoms with Gasteiger partial charge >= 0.3 is 0 Å². The number of rotatable bonds is 6. The van der Waals surface area contributed by atoms with Gasteiger partial charge in [-0.3, -0.25) is 4.90 Å². The van der Waals surface area contributed by atoms with Gasteiger partial charge in [0.1, 0.15) is 0 Å². The van der Waals surface area contributed by atoms with Crippen LogP contribution in [0.15, 0.2) is 54.6 Å². The lowest BCUT2D eigenvalue weighted by Gasteiger charge is -2.37.